The highest BCUT2D eigenvalue weighted by molar-refractivity contribution is 7.92. The van der Waals surface area contributed by atoms with Crippen molar-refractivity contribution in [3.63, 3.8) is 0 Å². The fraction of sp³-hybridized carbons (Fsp3) is 0.632. The number of rotatable bonds is 6. The molecule has 1 heterocycles. The van der Waals surface area contributed by atoms with Crippen molar-refractivity contribution in [1.29, 1.82) is 0 Å². The van der Waals surface area contributed by atoms with Crippen molar-refractivity contribution in [3.8, 4) is 0 Å². The third-order valence-electron chi connectivity index (χ3n) is 4.89. The summed E-state index contributed by atoms with van der Waals surface area (Å²) in [6.07, 6.45) is 2.23. The van der Waals surface area contributed by atoms with Crippen molar-refractivity contribution in [1.82, 2.24) is 10.2 Å². The first-order valence-electron chi connectivity index (χ1n) is 9.08. The van der Waals surface area contributed by atoms with Gasteiger partial charge in [-0.3, -0.25) is 4.79 Å². The Morgan fingerprint density at radius 2 is 1.92 bits per heavy atom. The summed E-state index contributed by atoms with van der Waals surface area (Å²) in [6, 6.07) is 6.98. The summed E-state index contributed by atoms with van der Waals surface area (Å²) < 4.78 is 25.0. The maximum atomic E-state index is 12.6. The average molecular weight is 367 g/mol. The summed E-state index contributed by atoms with van der Waals surface area (Å²) in [6.45, 7) is 10.3. The third kappa shape index (κ3) is 4.82. The molecule has 5 nitrogen and oxygen atoms in total. The van der Waals surface area contributed by atoms with Gasteiger partial charge in [0.1, 0.15) is 0 Å². The lowest BCUT2D eigenvalue weighted by atomic mass is 9.97. The highest BCUT2D eigenvalue weighted by Crippen LogP contribution is 2.21. The van der Waals surface area contributed by atoms with Crippen molar-refractivity contribution < 1.29 is 13.2 Å². The lowest BCUT2D eigenvalue weighted by Crippen LogP contribution is -2.43. The van der Waals surface area contributed by atoms with E-state index in [1.54, 1.807) is 32.0 Å². The SMILES string of the molecule is CC(C)N1CCC[C@H](CNC(=O)c2ccccc2S(=O)(=O)C(C)C)C1. The molecule has 0 bridgehead atoms. The second kappa shape index (κ2) is 8.32. The molecule has 2 rings (SSSR count). The zero-order valence-corrected chi connectivity index (χ0v) is 16.5. The number of benzene rings is 1. The van der Waals surface area contributed by atoms with Gasteiger partial charge < -0.3 is 10.2 Å². The summed E-state index contributed by atoms with van der Waals surface area (Å²) in [5, 5.41) is 2.39. The second-order valence-corrected chi connectivity index (χ2v) is 9.87. The van der Waals surface area contributed by atoms with Gasteiger partial charge in [-0.05, 0) is 65.1 Å². The van der Waals surface area contributed by atoms with Crippen LogP contribution in [0.3, 0.4) is 0 Å². The van der Waals surface area contributed by atoms with Crippen LogP contribution in [0.5, 0.6) is 0 Å². The van der Waals surface area contributed by atoms with Gasteiger partial charge in [-0.25, -0.2) is 8.42 Å². The number of nitrogens with zero attached hydrogens (tertiary/aromatic N) is 1. The molecule has 1 aromatic carbocycles. The van der Waals surface area contributed by atoms with Gasteiger partial charge in [-0.1, -0.05) is 12.1 Å². The standard InChI is InChI=1S/C19H30N2O3S/c1-14(2)21-11-7-8-16(13-21)12-20-19(22)17-9-5-6-10-18(17)25(23,24)15(3)4/h5-6,9-10,14-16H,7-8,11-13H2,1-4H3,(H,20,22)/t16-/m1/s1. The molecule has 1 aromatic rings. The number of nitrogens with one attached hydrogen (secondary N) is 1. The molecule has 0 spiro atoms. The number of likely N-dealkylation sites (tertiary alicyclic amines) is 1. The maximum Gasteiger partial charge on any atom is 0.252 e. The van der Waals surface area contributed by atoms with Crippen molar-refractivity contribution in [2.24, 2.45) is 5.92 Å². The molecular weight excluding hydrogens is 336 g/mol. The molecule has 25 heavy (non-hydrogen) atoms. The van der Waals surface area contributed by atoms with E-state index in [0.717, 1.165) is 25.9 Å². The smallest absolute Gasteiger partial charge is 0.252 e. The van der Waals surface area contributed by atoms with E-state index in [0.29, 0.717) is 18.5 Å². The Labute approximate surface area is 151 Å². The van der Waals surface area contributed by atoms with Gasteiger partial charge in [0.15, 0.2) is 9.84 Å². The Morgan fingerprint density at radius 1 is 1.24 bits per heavy atom. The third-order valence-corrected chi connectivity index (χ3v) is 7.10. The van der Waals surface area contributed by atoms with Crippen molar-refractivity contribution >= 4 is 15.7 Å². The number of sulfone groups is 1. The quantitative estimate of drug-likeness (QED) is 0.841. The number of hydrogen-bond acceptors (Lipinski definition) is 4. The van der Waals surface area contributed by atoms with E-state index in [1.807, 2.05) is 0 Å². The number of piperidine rings is 1. The van der Waals surface area contributed by atoms with E-state index in [1.165, 1.54) is 6.07 Å². The normalized spacial score (nSPS) is 19.4. The molecule has 0 radical (unpaired) electrons. The largest absolute Gasteiger partial charge is 0.352 e. The van der Waals surface area contributed by atoms with E-state index in [2.05, 4.69) is 24.1 Å². The molecule has 1 aliphatic rings. The van der Waals surface area contributed by atoms with Crippen molar-refractivity contribution in [2.45, 2.75) is 56.7 Å². The van der Waals surface area contributed by atoms with Gasteiger partial charge in [-0.15, -0.1) is 0 Å². The van der Waals surface area contributed by atoms with Gasteiger partial charge in [0.25, 0.3) is 5.91 Å². The van der Waals surface area contributed by atoms with Gasteiger partial charge >= 0.3 is 0 Å². The lowest BCUT2D eigenvalue weighted by molar-refractivity contribution is 0.0919. The zero-order chi connectivity index (χ0) is 18.6. The first-order chi connectivity index (χ1) is 11.7. The minimum absolute atomic E-state index is 0.120. The van der Waals surface area contributed by atoms with Crippen molar-refractivity contribution in [3.05, 3.63) is 29.8 Å². The van der Waals surface area contributed by atoms with E-state index in [-0.39, 0.29) is 16.4 Å². The minimum Gasteiger partial charge on any atom is -0.352 e. The van der Waals surface area contributed by atoms with Crippen LogP contribution in [0, 0.1) is 5.92 Å². The predicted octanol–water partition coefficient (Wildman–Crippen LogP) is 2.72. The van der Waals surface area contributed by atoms with Gasteiger partial charge in [0.2, 0.25) is 0 Å². The Balaban J connectivity index is 2.07. The highest BCUT2D eigenvalue weighted by atomic mass is 32.2. The Bertz CT molecular complexity index is 698. The molecule has 0 unspecified atom stereocenters. The Kier molecular flexibility index (Phi) is 6.63. The van der Waals surface area contributed by atoms with E-state index in [4.69, 9.17) is 0 Å². The topological polar surface area (TPSA) is 66.5 Å². The Hall–Kier alpha value is -1.40. The molecule has 0 aliphatic carbocycles. The van der Waals surface area contributed by atoms with Crippen molar-refractivity contribution in [2.75, 3.05) is 19.6 Å². The summed E-state index contributed by atoms with van der Waals surface area (Å²) in [4.78, 5) is 15.2. The summed E-state index contributed by atoms with van der Waals surface area (Å²) in [5.74, 6) is 0.107. The van der Waals surface area contributed by atoms with Crippen LogP contribution in [0.4, 0.5) is 0 Å². The van der Waals surface area contributed by atoms with Gasteiger partial charge in [-0.2, -0.15) is 0 Å². The predicted molar refractivity (Wildman–Crippen MR) is 101 cm³/mol. The molecule has 1 aliphatic heterocycles. The molecule has 1 atom stereocenters. The van der Waals surface area contributed by atoms with Gasteiger partial charge in [0.05, 0.1) is 15.7 Å². The van der Waals surface area contributed by atoms with Gasteiger partial charge in [0, 0.05) is 19.1 Å². The first-order valence-corrected chi connectivity index (χ1v) is 10.6. The summed E-state index contributed by atoms with van der Waals surface area (Å²) in [5.41, 5.74) is 0.243. The molecule has 6 heteroatoms. The number of amides is 1. The van der Waals surface area contributed by atoms with E-state index in [9.17, 15) is 13.2 Å². The van der Waals surface area contributed by atoms with Crippen LogP contribution in [-0.4, -0.2) is 50.2 Å². The van der Waals surface area contributed by atoms with Crippen LogP contribution in [0.2, 0.25) is 0 Å². The molecule has 1 N–H and O–H groups in total. The van der Waals surface area contributed by atoms with Crippen LogP contribution >= 0.6 is 0 Å². The zero-order valence-electron chi connectivity index (χ0n) is 15.7. The highest BCUT2D eigenvalue weighted by Gasteiger charge is 2.26. The van der Waals surface area contributed by atoms with Crippen LogP contribution in [0.15, 0.2) is 29.2 Å². The molecule has 0 aromatic heterocycles. The monoisotopic (exact) mass is 366 g/mol. The van der Waals surface area contributed by atoms with E-state index >= 15 is 0 Å². The number of carbonyl (C=O) groups excluding carboxylic acids is 1. The molecule has 1 amide bonds. The van der Waals surface area contributed by atoms with Crippen LogP contribution < -0.4 is 5.32 Å². The van der Waals surface area contributed by atoms with Crippen LogP contribution in [0.25, 0.3) is 0 Å². The summed E-state index contributed by atoms with van der Waals surface area (Å²) >= 11 is 0. The minimum atomic E-state index is -3.48. The van der Waals surface area contributed by atoms with Crippen LogP contribution in [-0.2, 0) is 9.84 Å². The Morgan fingerprint density at radius 3 is 2.56 bits per heavy atom. The summed E-state index contributed by atoms with van der Waals surface area (Å²) in [7, 11) is -3.48. The lowest BCUT2D eigenvalue weighted by Gasteiger charge is -2.35. The number of hydrogen-bond donors (Lipinski definition) is 1. The first kappa shape index (κ1) is 19.9. The molecule has 140 valence electrons. The second-order valence-electron chi connectivity index (χ2n) is 7.40. The molecule has 1 saturated heterocycles. The fourth-order valence-corrected chi connectivity index (χ4v) is 4.46. The molecular formula is C19H30N2O3S. The maximum absolute atomic E-state index is 12.6. The van der Waals surface area contributed by atoms with E-state index < -0.39 is 15.1 Å². The number of carbonyl (C=O) groups is 1. The molecule has 0 saturated carbocycles. The average Bonchev–Trinajstić information content (AvgIpc) is 2.59. The fourth-order valence-electron chi connectivity index (χ4n) is 3.22. The van der Waals surface area contributed by atoms with Crippen LogP contribution in [0.1, 0.15) is 50.9 Å². The molecule has 1 fully saturated rings.